The lowest BCUT2D eigenvalue weighted by molar-refractivity contribution is -0.0548. The van der Waals surface area contributed by atoms with E-state index in [0.717, 1.165) is 57.9 Å². The SMILES string of the molecule is OC1CCCC1C1COCCN1Cc1nccn1Cc1ccccc1. The van der Waals surface area contributed by atoms with Crippen LogP contribution in [0.1, 0.15) is 30.7 Å². The Hall–Kier alpha value is -1.69. The molecule has 2 heterocycles. The lowest BCUT2D eigenvalue weighted by Crippen LogP contribution is -2.50. The number of morpholine rings is 1. The number of aliphatic hydroxyl groups excluding tert-OH is 1. The fourth-order valence-corrected chi connectivity index (χ4v) is 4.26. The van der Waals surface area contributed by atoms with E-state index in [4.69, 9.17) is 4.74 Å². The number of ether oxygens (including phenoxy) is 1. The van der Waals surface area contributed by atoms with Crippen LogP contribution >= 0.6 is 0 Å². The Morgan fingerprint density at radius 2 is 2.04 bits per heavy atom. The van der Waals surface area contributed by atoms with E-state index in [1.54, 1.807) is 0 Å². The van der Waals surface area contributed by atoms with Gasteiger partial charge in [0.15, 0.2) is 0 Å². The van der Waals surface area contributed by atoms with Gasteiger partial charge in [0.1, 0.15) is 5.82 Å². The van der Waals surface area contributed by atoms with E-state index < -0.39 is 0 Å². The Labute approximate surface area is 149 Å². The van der Waals surface area contributed by atoms with Crippen LogP contribution in [0.25, 0.3) is 0 Å². The van der Waals surface area contributed by atoms with Gasteiger partial charge in [-0.25, -0.2) is 4.98 Å². The van der Waals surface area contributed by atoms with Crippen molar-refractivity contribution in [3.8, 4) is 0 Å². The van der Waals surface area contributed by atoms with Crippen LogP contribution in [0.5, 0.6) is 0 Å². The smallest absolute Gasteiger partial charge is 0.123 e. The second-order valence-corrected chi connectivity index (χ2v) is 7.23. The molecule has 1 N–H and O–H groups in total. The number of aromatic nitrogens is 2. The molecule has 1 aromatic carbocycles. The molecule has 2 fully saturated rings. The summed E-state index contributed by atoms with van der Waals surface area (Å²) >= 11 is 0. The van der Waals surface area contributed by atoms with Gasteiger partial charge < -0.3 is 14.4 Å². The first kappa shape index (κ1) is 16.8. The van der Waals surface area contributed by atoms with Crippen molar-refractivity contribution in [3.63, 3.8) is 0 Å². The number of nitrogens with zero attached hydrogens (tertiary/aromatic N) is 3. The standard InChI is InChI=1S/C20H27N3O2/c24-19-8-4-7-17(19)18-15-25-12-11-22(18)14-20-21-9-10-23(20)13-16-5-2-1-3-6-16/h1-3,5-6,9-10,17-19,24H,4,7-8,11-15H2. The summed E-state index contributed by atoms with van der Waals surface area (Å²) in [6, 6.07) is 10.8. The van der Waals surface area contributed by atoms with Gasteiger partial charge in [0, 0.05) is 37.4 Å². The molecule has 0 amide bonds. The first-order valence-corrected chi connectivity index (χ1v) is 9.35. The summed E-state index contributed by atoms with van der Waals surface area (Å²) in [6.07, 6.45) is 6.92. The highest BCUT2D eigenvalue weighted by Crippen LogP contribution is 2.32. The van der Waals surface area contributed by atoms with Gasteiger partial charge in [0.25, 0.3) is 0 Å². The molecule has 5 heteroatoms. The Balaban J connectivity index is 1.48. The largest absolute Gasteiger partial charge is 0.393 e. The average molecular weight is 341 g/mol. The predicted molar refractivity (Wildman–Crippen MR) is 96.1 cm³/mol. The molecule has 3 unspecified atom stereocenters. The van der Waals surface area contributed by atoms with Crippen LogP contribution in [0.4, 0.5) is 0 Å². The molecule has 1 aliphatic heterocycles. The van der Waals surface area contributed by atoms with Gasteiger partial charge in [-0.3, -0.25) is 4.90 Å². The summed E-state index contributed by atoms with van der Waals surface area (Å²) in [5.74, 6) is 1.42. The molecule has 4 rings (SSSR count). The summed E-state index contributed by atoms with van der Waals surface area (Å²) in [5, 5.41) is 10.3. The summed E-state index contributed by atoms with van der Waals surface area (Å²) in [4.78, 5) is 7.07. The van der Waals surface area contributed by atoms with Crippen LogP contribution in [0.3, 0.4) is 0 Å². The van der Waals surface area contributed by atoms with Gasteiger partial charge in [-0.1, -0.05) is 36.8 Å². The van der Waals surface area contributed by atoms with E-state index in [0.29, 0.717) is 12.0 Å². The van der Waals surface area contributed by atoms with Crippen LogP contribution < -0.4 is 0 Å². The molecule has 1 aliphatic carbocycles. The molecule has 0 radical (unpaired) electrons. The summed E-state index contributed by atoms with van der Waals surface area (Å²) in [5.41, 5.74) is 1.28. The molecule has 2 aliphatic rings. The molecule has 134 valence electrons. The molecule has 0 spiro atoms. The highest BCUT2D eigenvalue weighted by atomic mass is 16.5. The maximum atomic E-state index is 10.3. The minimum atomic E-state index is -0.182. The zero-order valence-corrected chi connectivity index (χ0v) is 14.6. The van der Waals surface area contributed by atoms with Crippen molar-refractivity contribution in [2.45, 2.75) is 44.5 Å². The molecule has 1 saturated heterocycles. The van der Waals surface area contributed by atoms with Crippen molar-refractivity contribution in [1.82, 2.24) is 14.5 Å². The highest BCUT2D eigenvalue weighted by Gasteiger charge is 2.37. The van der Waals surface area contributed by atoms with E-state index in [9.17, 15) is 5.11 Å². The van der Waals surface area contributed by atoms with Gasteiger partial charge >= 0.3 is 0 Å². The number of rotatable bonds is 5. The zero-order valence-electron chi connectivity index (χ0n) is 14.6. The van der Waals surface area contributed by atoms with Crippen molar-refractivity contribution in [3.05, 3.63) is 54.1 Å². The normalized spacial score (nSPS) is 27.6. The van der Waals surface area contributed by atoms with Crippen molar-refractivity contribution in [2.24, 2.45) is 5.92 Å². The first-order chi connectivity index (χ1) is 12.3. The third-order valence-corrected chi connectivity index (χ3v) is 5.65. The van der Waals surface area contributed by atoms with E-state index in [2.05, 4.69) is 44.9 Å². The maximum Gasteiger partial charge on any atom is 0.123 e. The molecule has 0 bridgehead atoms. The van der Waals surface area contributed by atoms with Gasteiger partial charge in [-0.2, -0.15) is 0 Å². The molecule has 25 heavy (non-hydrogen) atoms. The molecule has 1 aromatic heterocycles. The van der Waals surface area contributed by atoms with Crippen molar-refractivity contribution < 1.29 is 9.84 Å². The number of hydrogen-bond acceptors (Lipinski definition) is 4. The second-order valence-electron chi connectivity index (χ2n) is 7.23. The van der Waals surface area contributed by atoms with E-state index in [-0.39, 0.29) is 6.10 Å². The summed E-state index contributed by atoms with van der Waals surface area (Å²) in [6.45, 7) is 4.06. The zero-order chi connectivity index (χ0) is 17.1. The van der Waals surface area contributed by atoms with Gasteiger partial charge in [-0.15, -0.1) is 0 Å². The van der Waals surface area contributed by atoms with Crippen LogP contribution in [0, 0.1) is 5.92 Å². The Morgan fingerprint density at radius 3 is 2.84 bits per heavy atom. The summed E-state index contributed by atoms with van der Waals surface area (Å²) in [7, 11) is 0. The van der Waals surface area contributed by atoms with E-state index in [1.807, 2.05) is 12.3 Å². The lowest BCUT2D eigenvalue weighted by atomic mass is 9.94. The first-order valence-electron chi connectivity index (χ1n) is 9.35. The predicted octanol–water partition coefficient (Wildman–Crippen LogP) is 2.29. The van der Waals surface area contributed by atoms with Crippen LogP contribution in [0.2, 0.25) is 0 Å². The Kier molecular flexibility index (Phi) is 5.15. The lowest BCUT2D eigenvalue weighted by Gasteiger charge is -2.39. The fraction of sp³-hybridized carbons (Fsp3) is 0.550. The van der Waals surface area contributed by atoms with Crippen LogP contribution in [0.15, 0.2) is 42.7 Å². The minimum absolute atomic E-state index is 0.182. The monoisotopic (exact) mass is 341 g/mol. The molecule has 5 nitrogen and oxygen atoms in total. The fourth-order valence-electron chi connectivity index (χ4n) is 4.26. The second kappa shape index (κ2) is 7.68. The van der Waals surface area contributed by atoms with Crippen molar-refractivity contribution >= 4 is 0 Å². The Morgan fingerprint density at radius 1 is 1.16 bits per heavy atom. The molecule has 1 saturated carbocycles. The quantitative estimate of drug-likeness (QED) is 0.907. The van der Waals surface area contributed by atoms with E-state index in [1.165, 1.54) is 5.56 Å². The number of imidazole rings is 1. The number of aliphatic hydroxyl groups is 1. The third-order valence-electron chi connectivity index (χ3n) is 5.65. The summed E-state index contributed by atoms with van der Waals surface area (Å²) < 4.78 is 7.97. The topological polar surface area (TPSA) is 50.5 Å². The van der Waals surface area contributed by atoms with Crippen LogP contribution in [-0.4, -0.2) is 51.5 Å². The Bertz CT molecular complexity index is 673. The molecule has 2 aromatic rings. The minimum Gasteiger partial charge on any atom is -0.393 e. The average Bonchev–Trinajstić information content (AvgIpc) is 3.26. The molecule has 3 atom stereocenters. The maximum absolute atomic E-state index is 10.3. The van der Waals surface area contributed by atoms with E-state index >= 15 is 0 Å². The van der Waals surface area contributed by atoms with Crippen LogP contribution in [-0.2, 0) is 17.8 Å². The van der Waals surface area contributed by atoms with Crippen molar-refractivity contribution in [2.75, 3.05) is 19.8 Å². The number of benzene rings is 1. The van der Waals surface area contributed by atoms with Gasteiger partial charge in [0.05, 0.1) is 25.9 Å². The molecular formula is C20H27N3O2. The third kappa shape index (κ3) is 3.78. The molecular weight excluding hydrogens is 314 g/mol. The van der Waals surface area contributed by atoms with Gasteiger partial charge in [0.2, 0.25) is 0 Å². The highest BCUT2D eigenvalue weighted by molar-refractivity contribution is 5.15. The number of hydrogen-bond donors (Lipinski definition) is 1. The van der Waals surface area contributed by atoms with Crippen molar-refractivity contribution in [1.29, 1.82) is 0 Å². The van der Waals surface area contributed by atoms with Gasteiger partial charge in [-0.05, 0) is 18.4 Å².